The van der Waals surface area contributed by atoms with Gasteiger partial charge >= 0.3 is 0 Å². The number of rotatable bonds is 3. The van der Waals surface area contributed by atoms with Crippen LogP contribution in [0, 0.1) is 58.7 Å². The van der Waals surface area contributed by atoms with E-state index in [0.717, 1.165) is 78.0 Å². The number of fused-ring (bicyclic) bond motifs is 8. The Hall–Kier alpha value is -0.160. The van der Waals surface area contributed by atoms with Crippen molar-refractivity contribution in [2.75, 3.05) is 13.2 Å². The highest BCUT2D eigenvalue weighted by Gasteiger charge is 2.45. The molecule has 6 aliphatic heterocycles. The zero-order valence-corrected chi connectivity index (χ0v) is 29.9. The Bertz CT molecular complexity index is 793. The summed E-state index contributed by atoms with van der Waals surface area (Å²) in [5.41, 5.74) is 0.503. The van der Waals surface area contributed by atoms with E-state index >= 15 is 0 Å². The van der Waals surface area contributed by atoms with Gasteiger partial charge in [-0.1, -0.05) is 62.3 Å². The van der Waals surface area contributed by atoms with E-state index in [-0.39, 0.29) is 0 Å². The fraction of sp³-hybridized carbons (Fsp3) is 1.00. The molecule has 43 heavy (non-hydrogen) atoms. The summed E-state index contributed by atoms with van der Waals surface area (Å²) in [5.74, 6) is 8.48. The SMILES string of the molecule is CC(C)(C)C1CC2CC1CO2.CC(C)C1CC2CC1CN2.CC(C)C1CC2CCC(C1)N2.CC(C)C1CC2CCC(C1)O2. The molecule has 2 aliphatic carbocycles. The van der Waals surface area contributed by atoms with Crippen molar-refractivity contribution in [3.05, 3.63) is 0 Å². The maximum absolute atomic E-state index is 5.78. The molecule has 250 valence electrons. The van der Waals surface area contributed by atoms with E-state index in [4.69, 9.17) is 9.47 Å². The molecule has 6 heterocycles. The lowest BCUT2D eigenvalue weighted by Gasteiger charge is -2.33. The largest absolute Gasteiger partial charge is 0.378 e. The Morgan fingerprint density at radius 2 is 1.19 bits per heavy atom. The second-order valence-corrected chi connectivity index (χ2v) is 18.5. The molecule has 8 fully saturated rings. The molecule has 8 bridgehead atoms. The molecule has 0 amide bonds. The first-order valence-electron chi connectivity index (χ1n) is 19.1. The Morgan fingerprint density at radius 3 is 1.56 bits per heavy atom. The van der Waals surface area contributed by atoms with Crippen molar-refractivity contribution in [1.29, 1.82) is 0 Å². The third kappa shape index (κ3) is 9.01. The van der Waals surface area contributed by atoms with Gasteiger partial charge in [0.2, 0.25) is 0 Å². The standard InChI is InChI=1S/C10H19N.2C10H18O.C9H17N/c1-7(2)8-5-9-3-4-10(6-8)11-9;1-10(2,3)9-5-8-4-7(9)6-11-8;1-7(2)8-5-9-3-4-10(6-8)11-9;1-6(2)9-4-8-3-7(9)5-10-8/h7-11H,3-6H2,1-2H3;7-9H,4-6H2,1-3H3;7-10H,3-6H2,1-2H3;6-10H,3-5H2,1-2H3. The molecule has 6 saturated heterocycles. The number of hydrogen-bond acceptors (Lipinski definition) is 4. The average Bonchev–Trinajstić information content (AvgIpc) is 3.81. The van der Waals surface area contributed by atoms with Crippen LogP contribution in [0.3, 0.4) is 0 Å². The summed E-state index contributed by atoms with van der Waals surface area (Å²) in [7, 11) is 0. The molecule has 0 aromatic rings. The lowest BCUT2D eigenvalue weighted by Crippen LogP contribution is -2.39. The van der Waals surface area contributed by atoms with Crippen LogP contribution in [0.25, 0.3) is 0 Å². The van der Waals surface area contributed by atoms with Gasteiger partial charge in [0.15, 0.2) is 0 Å². The second kappa shape index (κ2) is 14.7. The van der Waals surface area contributed by atoms with Crippen LogP contribution < -0.4 is 10.6 Å². The second-order valence-electron chi connectivity index (χ2n) is 18.5. The molecule has 8 aliphatic rings. The van der Waals surface area contributed by atoms with Gasteiger partial charge in [-0.15, -0.1) is 0 Å². The van der Waals surface area contributed by atoms with E-state index in [0.29, 0.717) is 23.7 Å². The van der Waals surface area contributed by atoms with Crippen LogP contribution in [0.5, 0.6) is 0 Å². The van der Waals surface area contributed by atoms with Gasteiger partial charge in [0.25, 0.3) is 0 Å². The Morgan fingerprint density at radius 1 is 0.581 bits per heavy atom. The van der Waals surface area contributed by atoms with Crippen molar-refractivity contribution in [2.45, 2.75) is 176 Å². The van der Waals surface area contributed by atoms with Gasteiger partial charge in [-0.05, 0) is 142 Å². The molecule has 0 aromatic carbocycles. The molecule has 0 aromatic heterocycles. The van der Waals surface area contributed by atoms with Crippen LogP contribution in [0.15, 0.2) is 0 Å². The van der Waals surface area contributed by atoms with E-state index in [1.807, 2.05) is 0 Å². The van der Waals surface area contributed by atoms with E-state index in [1.54, 1.807) is 0 Å². The summed E-state index contributed by atoms with van der Waals surface area (Å²) < 4.78 is 11.4. The van der Waals surface area contributed by atoms with Crippen molar-refractivity contribution in [3.63, 3.8) is 0 Å². The molecule has 0 spiro atoms. The Labute approximate surface area is 267 Å². The van der Waals surface area contributed by atoms with Crippen molar-refractivity contribution in [3.8, 4) is 0 Å². The number of ether oxygens (including phenoxy) is 2. The fourth-order valence-corrected chi connectivity index (χ4v) is 10.5. The predicted molar refractivity (Wildman–Crippen MR) is 181 cm³/mol. The lowest BCUT2D eigenvalue weighted by atomic mass is 9.75. The number of nitrogens with one attached hydrogen (secondary N) is 2. The minimum atomic E-state index is 0.503. The van der Waals surface area contributed by atoms with E-state index in [9.17, 15) is 0 Å². The third-order valence-corrected chi connectivity index (χ3v) is 13.3. The van der Waals surface area contributed by atoms with Gasteiger partial charge < -0.3 is 20.1 Å². The van der Waals surface area contributed by atoms with Crippen LogP contribution in [-0.2, 0) is 9.47 Å². The summed E-state index contributed by atoms with van der Waals surface area (Å²) in [5, 5.41) is 7.22. The molecule has 4 nitrogen and oxygen atoms in total. The minimum Gasteiger partial charge on any atom is -0.378 e. The zero-order chi connectivity index (χ0) is 30.9. The number of piperidine rings is 2. The van der Waals surface area contributed by atoms with Gasteiger partial charge in [0.1, 0.15) is 0 Å². The first-order chi connectivity index (χ1) is 20.4. The Kier molecular flexibility index (Phi) is 11.7. The minimum absolute atomic E-state index is 0.503. The quantitative estimate of drug-likeness (QED) is 0.340. The van der Waals surface area contributed by atoms with Crippen LogP contribution in [0.4, 0.5) is 0 Å². The molecule has 10 atom stereocenters. The number of hydrogen-bond donors (Lipinski definition) is 2. The summed E-state index contributed by atoms with van der Waals surface area (Å²) in [6.07, 6.45) is 18.5. The van der Waals surface area contributed by atoms with Crippen LogP contribution in [0.2, 0.25) is 0 Å². The highest BCUT2D eigenvalue weighted by Crippen LogP contribution is 2.48. The molecule has 10 unspecified atom stereocenters. The zero-order valence-electron chi connectivity index (χ0n) is 29.9. The van der Waals surface area contributed by atoms with Gasteiger partial charge in [0, 0.05) is 18.1 Å². The van der Waals surface area contributed by atoms with Crippen LogP contribution in [0.1, 0.15) is 139 Å². The lowest BCUT2D eigenvalue weighted by molar-refractivity contribution is -0.0290. The first-order valence-corrected chi connectivity index (χ1v) is 19.1. The smallest absolute Gasteiger partial charge is 0.0582 e. The van der Waals surface area contributed by atoms with E-state index < -0.39 is 0 Å². The van der Waals surface area contributed by atoms with Gasteiger partial charge in [0.05, 0.1) is 24.9 Å². The fourth-order valence-electron chi connectivity index (χ4n) is 10.5. The maximum Gasteiger partial charge on any atom is 0.0582 e. The van der Waals surface area contributed by atoms with Gasteiger partial charge in [-0.2, -0.15) is 0 Å². The van der Waals surface area contributed by atoms with Crippen LogP contribution in [-0.4, -0.2) is 49.6 Å². The molecule has 2 N–H and O–H groups in total. The summed E-state index contributed by atoms with van der Waals surface area (Å²) in [6.45, 7) is 23.6. The molecule has 2 saturated carbocycles. The molecule has 4 heteroatoms. The average molecular weight is 601 g/mol. The highest BCUT2D eigenvalue weighted by molar-refractivity contribution is 4.96. The van der Waals surface area contributed by atoms with Crippen molar-refractivity contribution >= 4 is 0 Å². The normalized spacial score (nSPS) is 43.8. The van der Waals surface area contributed by atoms with Crippen molar-refractivity contribution in [2.24, 2.45) is 58.7 Å². The van der Waals surface area contributed by atoms with Crippen LogP contribution >= 0.6 is 0 Å². The topological polar surface area (TPSA) is 42.5 Å². The third-order valence-electron chi connectivity index (χ3n) is 13.3. The van der Waals surface area contributed by atoms with Crippen molar-refractivity contribution < 1.29 is 9.47 Å². The monoisotopic (exact) mass is 601 g/mol. The first kappa shape index (κ1) is 34.2. The van der Waals surface area contributed by atoms with Gasteiger partial charge in [-0.3, -0.25) is 0 Å². The maximum atomic E-state index is 5.78. The molecular weight excluding hydrogens is 528 g/mol. The summed E-state index contributed by atoms with van der Waals surface area (Å²) in [6, 6.07) is 2.64. The summed E-state index contributed by atoms with van der Waals surface area (Å²) in [4.78, 5) is 0. The summed E-state index contributed by atoms with van der Waals surface area (Å²) >= 11 is 0. The highest BCUT2D eigenvalue weighted by atomic mass is 16.5. The molecule has 0 radical (unpaired) electrons. The van der Waals surface area contributed by atoms with Crippen molar-refractivity contribution in [1.82, 2.24) is 10.6 Å². The predicted octanol–water partition coefficient (Wildman–Crippen LogP) is 8.87. The van der Waals surface area contributed by atoms with E-state index in [1.165, 1.54) is 83.6 Å². The molecular formula is C39H72N2O2. The Balaban J connectivity index is 0.000000114. The van der Waals surface area contributed by atoms with Gasteiger partial charge in [-0.25, -0.2) is 0 Å². The van der Waals surface area contributed by atoms with E-state index in [2.05, 4.69) is 72.9 Å². The molecule has 8 rings (SSSR count).